The van der Waals surface area contributed by atoms with Crippen molar-refractivity contribution < 1.29 is 14.4 Å². The van der Waals surface area contributed by atoms with E-state index >= 15 is 0 Å². The van der Waals surface area contributed by atoms with Crippen molar-refractivity contribution in [3.63, 3.8) is 0 Å². The van der Waals surface area contributed by atoms with Crippen molar-refractivity contribution in [2.24, 2.45) is 0 Å². The van der Waals surface area contributed by atoms with Crippen LogP contribution in [0, 0.1) is 0 Å². The fourth-order valence-electron chi connectivity index (χ4n) is 1.43. The average molecular weight is 279 g/mol. The minimum absolute atomic E-state index is 0.00250. The lowest BCUT2D eigenvalue weighted by Gasteiger charge is -2.04. The summed E-state index contributed by atoms with van der Waals surface area (Å²) in [5.74, 6) is 0.610. The molecule has 0 radical (unpaired) electrons. The van der Waals surface area contributed by atoms with Gasteiger partial charge in [0.15, 0.2) is 0 Å². The fourth-order valence-corrected chi connectivity index (χ4v) is 2.24. The molecule has 1 unspecified atom stereocenters. The van der Waals surface area contributed by atoms with Crippen LogP contribution in [0.15, 0.2) is 28.9 Å². The summed E-state index contributed by atoms with van der Waals surface area (Å²) >= 11 is 1.47. The van der Waals surface area contributed by atoms with Crippen molar-refractivity contribution in [3.8, 4) is 11.5 Å². The van der Waals surface area contributed by atoms with Gasteiger partial charge < -0.3 is 9.63 Å². The second-order valence-corrected chi connectivity index (χ2v) is 5.37. The van der Waals surface area contributed by atoms with Gasteiger partial charge in [0.1, 0.15) is 5.69 Å². The Bertz CT molecular complexity index is 544. The number of carboxylic acid groups (broad SMARTS) is 1. The summed E-state index contributed by atoms with van der Waals surface area (Å²) < 4.78 is 5.11. The van der Waals surface area contributed by atoms with Crippen LogP contribution in [0.3, 0.4) is 0 Å². The van der Waals surface area contributed by atoms with Crippen LogP contribution >= 0.6 is 11.8 Å². The Labute approximate surface area is 114 Å². The molecular formula is C12H13N3O3S. The third kappa shape index (κ3) is 4.06. The van der Waals surface area contributed by atoms with Crippen LogP contribution in [-0.4, -0.2) is 31.5 Å². The molecule has 0 aromatic carbocycles. The molecule has 0 saturated carbocycles. The molecule has 6 nitrogen and oxygen atoms in total. The second kappa shape index (κ2) is 6.33. The lowest BCUT2D eigenvalue weighted by molar-refractivity contribution is -0.136. The molecule has 1 atom stereocenters. The highest BCUT2D eigenvalue weighted by molar-refractivity contribution is 7.99. The van der Waals surface area contributed by atoms with E-state index in [9.17, 15) is 4.79 Å². The fraction of sp³-hybridized carbons (Fsp3) is 0.333. The third-order valence-electron chi connectivity index (χ3n) is 2.32. The van der Waals surface area contributed by atoms with E-state index in [1.807, 2.05) is 19.1 Å². The van der Waals surface area contributed by atoms with Crippen molar-refractivity contribution in [3.05, 3.63) is 30.3 Å². The first kappa shape index (κ1) is 13.5. The summed E-state index contributed by atoms with van der Waals surface area (Å²) in [7, 11) is 0. The van der Waals surface area contributed by atoms with Crippen LogP contribution < -0.4 is 0 Å². The smallest absolute Gasteiger partial charge is 0.304 e. The number of rotatable bonds is 6. The minimum Gasteiger partial charge on any atom is -0.481 e. The molecule has 0 fully saturated rings. The highest BCUT2D eigenvalue weighted by atomic mass is 32.2. The van der Waals surface area contributed by atoms with Gasteiger partial charge in [0.2, 0.25) is 11.7 Å². The monoisotopic (exact) mass is 279 g/mol. The van der Waals surface area contributed by atoms with Crippen LogP contribution in [0.2, 0.25) is 0 Å². The molecule has 2 rings (SSSR count). The van der Waals surface area contributed by atoms with Crippen molar-refractivity contribution in [1.82, 2.24) is 15.1 Å². The topological polar surface area (TPSA) is 89.1 Å². The number of pyridine rings is 1. The van der Waals surface area contributed by atoms with E-state index in [4.69, 9.17) is 9.63 Å². The number of aromatic nitrogens is 3. The standard InChI is InChI=1S/C12H13N3O3S/c1-8(6-11(16)17)19-7-10-14-12(15-18-10)9-4-2-3-5-13-9/h2-5,8H,6-7H2,1H3,(H,16,17). The van der Waals surface area contributed by atoms with Gasteiger partial charge in [-0.1, -0.05) is 18.1 Å². The summed E-state index contributed by atoms with van der Waals surface area (Å²) in [6, 6.07) is 5.46. The Morgan fingerprint density at radius 2 is 2.37 bits per heavy atom. The van der Waals surface area contributed by atoms with Crippen LogP contribution in [0.5, 0.6) is 0 Å². The average Bonchev–Trinajstić information content (AvgIpc) is 2.85. The highest BCUT2D eigenvalue weighted by Crippen LogP contribution is 2.20. The van der Waals surface area contributed by atoms with Crippen molar-refractivity contribution in [2.45, 2.75) is 24.3 Å². The largest absolute Gasteiger partial charge is 0.481 e. The maximum Gasteiger partial charge on any atom is 0.304 e. The van der Waals surface area contributed by atoms with Gasteiger partial charge in [-0.25, -0.2) is 0 Å². The van der Waals surface area contributed by atoms with Crippen molar-refractivity contribution in [2.75, 3.05) is 0 Å². The Balaban J connectivity index is 1.93. The molecule has 2 heterocycles. The normalized spacial score (nSPS) is 12.3. The van der Waals surface area contributed by atoms with Gasteiger partial charge in [-0.05, 0) is 12.1 Å². The number of carboxylic acids is 1. The molecule has 1 N–H and O–H groups in total. The number of hydrogen-bond acceptors (Lipinski definition) is 6. The molecule has 2 aromatic heterocycles. The Morgan fingerprint density at radius 1 is 1.53 bits per heavy atom. The van der Waals surface area contributed by atoms with Crippen molar-refractivity contribution >= 4 is 17.7 Å². The van der Waals surface area contributed by atoms with Crippen LogP contribution in [0.25, 0.3) is 11.5 Å². The van der Waals surface area contributed by atoms with Gasteiger partial charge in [0.05, 0.1) is 12.2 Å². The zero-order valence-corrected chi connectivity index (χ0v) is 11.1. The van der Waals surface area contributed by atoms with E-state index < -0.39 is 5.97 Å². The molecule has 0 spiro atoms. The summed E-state index contributed by atoms with van der Waals surface area (Å²) in [6.45, 7) is 1.86. The Kier molecular flexibility index (Phi) is 4.51. The van der Waals surface area contributed by atoms with Gasteiger partial charge >= 0.3 is 5.97 Å². The molecule has 0 amide bonds. The minimum atomic E-state index is -0.806. The lowest BCUT2D eigenvalue weighted by Crippen LogP contribution is -2.05. The third-order valence-corrected chi connectivity index (χ3v) is 3.46. The van der Waals surface area contributed by atoms with E-state index in [0.717, 1.165) is 0 Å². The number of aliphatic carboxylic acids is 1. The summed E-state index contributed by atoms with van der Waals surface area (Å²) in [4.78, 5) is 18.9. The highest BCUT2D eigenvalue weighted by Gasteiger charge is 2.12. The molecule has 0 aliphatic carbocycles. The SMILES string of the molecule is CC(CC(=O)O)SCc1nc(-c2ccccn2)no1. The quantitative estimate of drug-likeness (QED) is 0.867. The Morgan fingerprint density at radius 3 is 3.05 bits per heavy atom. The van der Waals surface area contributed by atoms with E-state index in [0.29, 0.717) is 23.2 Å². The Hall–Kier alpha value is -1.89. The molecule has 19 heavy (non-hydrogen) atoms. The van der Waals surface area contributed by atoms with Gasteiger partial charge in [0.25, 0.3) is 0 Å². The van der Waals surface area contributed by atoms with Gasteiger partial charge in [0, 0.05) is 11.4 Å². The molecule has 2 aromatic rings. The number of nitrogens with zero attached hydrogens (tertiary/aromatic N) is 3. The molecule has 0 aliphatic rings. The molecule has 0 aliphatic heterocycles. The first-order valence-corrected chi connectivity index (χ1v) is 6.77. The maximum absolute atomic E-state index is 10.5. The molecule has 100 valence electrons. The van der Waals surface area contributed by atoms with E-state index in [2.05, 4.69) is 15.1 Å². The van der Waals surface area contributed by atoms with Crippen LogP contribution in [0.4, 0.5) is 0 Å². The summed E-state index contributed by atoms with van der Waals surface area (Å²) in [6.07, 6.45) is 1.78. The number of hydrogen-bond donors (Lipinski definition) is 1. The van der Waals surface area contributed by atoms with Crippen LogP contribution in [-0.2, 0) is 10.5 Å². The summed E-state index contributed by atoms with van der Waals surface area (Å²) in [5, 5.41) is 12.5. The van der Waals surface area contributed by atoms with Gasteiger partial charge in [-0.15, -0.1) is 11.8 Å². The zero-order chi connectivity index (χ0) is 13.7. The first-order chi connectivity index (χ1) is 9.15. The predicted molar refractivity (Wildman–Crippen MR) is 70.5 cm³/mol. The second-order valence-electron chi connectivity index (χ2n) is 3.95. The molecular weight excluding hydrogens is 266 g/mol. The number of carbonyl (C=O) groups is 1. The molecule has 7 heteroatoms. The van der Waals surface area contributed by atoms with Crippen molar-refractivity contribution in [1.29, 1.82) is 0 Å². The van der Waals surface area contributed by atoms with Crippen LogP contribution in [0.1, 0.15) is 19.2 Å². The van der Waals surface area contributed by atoms with Gasteiger partial charge in [-0.2, -0.15) is 4.98 Å². The first-order valence-electron chi connectivity index (χ1n) is 5.72. The predicted octanol–water partition coefficient (Wildman–Crippen LogP) is 2.23. The maximum atomic E-state index is 10.5. The van der Waals surface area contributed by atoms with E-state index in [1.54, 1.807) is 12.3 Å². The number of thioether (sulfide) groups is 1. The van der Waals surface area contributed by atoms with E-state index in [-0.39, 0.29) is 11.7 Å². The molecule has 0 bridgehead atoms. The van der Waals surface area contributed by atoms with Gasteiger partial charge in [-0.3, -0.25) is 9.78 Å². The summed E-state index contributed by atoms with van der Waals surface area (Å²) in [5.41, 5.74) is 0.654. The van der Waals surface area contributed by atoms with E-state index in [1.165, 1.54) is 11.8 Å². The molecule has 0 saturated heterocycles. The lowest BCUT2D eigenvalue weighted by atomic mass is 10.3. The zero-order valence-electron chi connectivity index (χ0n) is 10.3.